The first-order valence-corrected chi connectivity index (χ1v) is 14.2. The van der Waals surface area contributed by atoms with Gasteiger partial charge in [0.2, 0.25) is 0 Å². The van der Waals surface area contributed by atoms with Gasteiger partial charge in [0.25, 0.3) is 0 Å². The van der Waals surface area contributed by atoms with Crippen molar-refractivity contribution < 1.29 is 88.5 Å². The first-order chi connectivity index (χ1) is 21.8. The number of benzene rings is 6. The van der Waals surface area contributed by atoms with Crippen molar-refractivity contribution in [1.29, 1.82) is 0 Å². The molecule has 0 spiro atoms. The smallest absolute Gasteiger partial charge is 0.509 e. The van der Waals surface area contributed by atoms with Crippen LogP contribution in [0.5, 0.6) is 34.5 Å². The molecule has 0 unspecified atom stereocenters. The van der Waals surface area contributed by atoms with E-state index in [2.05, 4.69) is 0 Å². The van der Waals surface area contributed by atoms with Crippen LogP contribution in [0.25, 0.3) is 0 Å². The van der Waals surface area contributed by atoms with E-state index in [0.29, 0.717) is 0 Å². The number of phenols is 5. The maximum atomic E-state index is 9.53. The van der Waals surface area contributed by atoms with Gasteiger partial charge in [-0.1, -0.05) is 118 Å². The molecule has 0 saturated carbocycles. The maximum Gasteiger partial charge on any atom is 1.00 e. The first kappa shape index (κ1) is 34.5. The third-order valence-electron chi connectivity index (χ3n) is 7.16. The van der Waals surface area contributed by atoms with Gasteiger partial charge in [0.05, 0.1) is 7.11 Å². The Morgan fingerprint density at radius 1 is 0.326 bits per heavy atom. The third-order valence-corrected chi connectivity index (χ3v) is 7.16. The summed E-state index contributed by atoms with van der Waals surface area (Å²) < 4.78 is 5.22. The van der Waals surface area contributed by atoms with E-state index in [9.17, 15) is 25.5 Å². The number of rotatable bonds is 7. The molecule has 6 aromatic rings. The van der Waals surface area contributed by atoms with Crippen LogP contribution >= 0.6 is 0 Å². The van der Waals surface area contributed by atoms with Crippen LogP contribution < -0.4 is 62.9 Å². The monoisotopic (exact) mass is 681 g/mol. The number of aromatic hydroxyl groups is 5. The van der Waals surface area contributed by atoms with E-state index < -0.39 is 0 Å². The quantitative estimate of drug-likeness (QED) is 0.121. The first-order valence-electron chi connectivity index (χ1n) is 14.2. The molecule has 226 valence electrons. The van der Waals surface area contributed by atoms with Crippen LogP contribution in [-0.4, -0.2) is 32.6 Å². The van der Waals surface area contributed by atoms with Gasteiger partial charge in [-0.05, 0) is 72.8 Å². The molecule has 0 aliphatic carbocycles. The fourth-order valence-electron chi connectivity index (χ4n) is 4.90. The fourth-order valence-corrected chi connectivity index (χ4v) is 4.90. The number of phenolic OH excluding ortho intramolecular Hbond substituents is 5. The second-order valence-electron chi connectivity index (χ2n) is 10.2. The van der Waals surface area contributed by atoms with Crippen molar-refractivity contribution in [1.82, 2.24) is 0 Å². The van der Waals surface area contributed by atoms with Crippen molar-refractivity contribution in [3.05, 3.63) is 191 Å². The van der Waals surface area contributed by atoms with Crippen molar-refractivity contribution in [3.63, 3.8) is 0 Å². The SMILES string of the molecule is COc1ccc([C-](c2ccc(O)cc2)c2ccc(O)cc2)cc1.Oc1ccc([C-](c2ccc(O)cc2)c2ccc(O)cc2)cc1.[Rb+]. The number of hydrogen-bond donors (Lipinski definition) is 5. The van der Waals surface area contributed by atoms with Crippen LogP contribution in [0.1, 0.15) is 33.4 Å². The van der Waals surface area contributed by atoms with Crippen LogP contribution in [0.15, 0.2) is 146 Å². The molecule has 0 bridgehead atoms. The van der Waals surface area contributed by atoms with Gasteiger partial charge in [0, 0.05) is 0 Å². The maximum absolute atomic E-state index is 9.53. The molecule has 0 aromatic heterocycles. The molecule has 0 heterocycles. The molecule has 46 heavy (non-hydrogen) atoms. The molecule has 0 radical (unpaired) electrons. The minimum Gasteiger partial charge on any atom is -0.509 e. The Morgan fingerprint density at radius 2 is 0.500 bits per heavy atom. The van der Waals surface area contributed by atoms with Gasteiger partial charge >= 0.3 is 58.2 Å². The van der Waals surface area contributed by atoms with Crippen molar-refractivity contribution in [2.75, 3.05) is 7.11 Å². The Labute approximate surface area is 317 Å². The zero-order valence-electron chi connectivity index (χ0n) is 25.5. The molecule has 0 aliphatic heterocycles. The molecule has 7 heteroatoms. The molecule has 0 fully saturated rings. The summed E-state index contributed by atoms with van der Waals surface area (Å²) in [5, 5.41) is 47.5. The Hall–Kier alpha value is -4.33. The summed E-state index contributed by atoms with van der Waals surface area (Å²) in [5.41, 5.74) is 5.82. The van der Waals surface area contributed by atoms with Crippen LogP contribution in [0, 0.1) is 11.8 Å². The van der Waals surface area contributed by atoms with Crippen molar-refractivity contribution >= 4 is 0 Å². The van der Waals surface area contributed by atoms with E-state index in [1.165, 1.54) is 0 Å². The summed E-state index contributed by atoms with van der Waals surface area (Å²) in [6, 6.07) is 42.8. The van der Waals surface area contributed by atoms with Crippen molar-refractivity contribution in [2.45, 2.75) is 0 Å². The number of hydrogen-bond acceptors (Lipinski definition) is 6. The summed E-state index contributed by atoms with van der Waals surface area (Å²) in [6.45, 7) is 0. The molecule has 0 amide bonds. The minimum absolute atomic E-state index is 0. The van der Waals surface area contributed by atoms with Gasteiger partial charge in [0.15, 0.2) is 0 Å². The second-order valence-corrected chi connectivity index (χ2v) is 10.2. The molecule has 6 nitrogen and oxygen atoms in total. The Bertz CT molecular complexity index is 1630. The molecular formula is C39H32O6Rb-. The predicted octanol–water partition coefficient (Wildman–Crippen LogP) is 4.95. The largest absolute Gasteiger partial charge is 1.00 e. The summed E-state index contributed by atoms with van der Waals surface area (Å²) in [6.07, 6.45) is 0. The van der Waals surface area contributed by atoms with Crippen LogP contribution in [0.4, 0.5) is 0 Å². The summed E-state index contributed by atoms with van der Waals surface area (Å²) in [5.74, 6) is 3.86. The predicted molar refractivity (Wildman–Crippen MR) is 175 cm³/mol. The number of ether oxygens (including phenoxy) is 1. The van der Waals surface area contributed by atoms with E-state index in [1.807, 2.05) is 84.9 Å². The van der Waals surface area contributed by atoms with Gasteiger partial charge in [0.1, 0.15) is 34.5 Å². The molecule has 0 aliphatic rings. The van der Waals surface area contributed by atoms with Crippen LogP contribution in [0.2, 0.25) is 0 Å². The van der Waals surface area contributed by atoms with E-state index in [-0.39, 0.29) is 86.9 Å². The van der Waals surface area contributed by atoms with Gasteiger partial charge < -0.3 is 30.3 Å². The number of methoxy groups -OCH3 is 1. The van der Waals surface area contributed by atoms with Gasteiger partial charge in [-0.25, -0.2) is 0 Å². The van der Waals surface area contributed by atoms with Crippen LogP contribution in [0.3, 0.4) is 0 Å². The standard InChI is InChI=1S/C20H17O3.C19H15O3.Rb/c1-23-19-12-6-16(7-13-19)20(14-2-8-17(21)9-3-14)15-4-10-18(22)11-5-15;20-16-7-1-13(2-8-16)19(14-3-9-17(21)10-4-14)15-5-11-18(22)12-6-15;/h2-13,21-22H,1H3;1-12,20-22H;/q2*-1;+1. The van der Waals surface area contributed by atoms with Crippen molar-refractivity contribution in [2.24, 2.45) is 0 Å². The second kappa shape index (κ2) is 16.3. The Morgan fingerprint density at radius 3 is 0.674 bits per heavy atom. The molecule has 5 N–H and O–H groups in total. The summed E-state index contributed by atoms with van der Waals surface area (Å²) in [4.78, 5) is 0. The van der Waals surface area contributed by atoms with E-state index >= 15 is 0 Å². The van der Waals surface area contributed by atoms with Gasteiger partial charge in [-0.3, -0.25) is 0 Å². The zero-order valence-corrected chi connectivity index (χ0v) is 30.4. The minimum atomic E-state index is 0. The molecule has 0 saturated heterocycles. The molecule has 6 aromatic carbocycles. The zero-order chi connectivity index (χ0) is 31.8. The Balaban J connectivity index is 0.000000205. The third kappa shape index (κ3) is 8.89. The van der Waals surface area contributed by atoms with Gasteiger partial charge in [-0.15, -0.1) is 0 Å². The molecule has 6 rings (SSSR count). The average molecular weight is 682 g/mol. The van der Waals surface area contributed by atoms with Crippen molar-refractivity contribution in [3.8, 4) is 34.5 Å². The topological polar surface area (TPSA) is 110 Å². The molecule has 0 atom stereocenters. The average Bonchev–Trinajstić information content (AvgIpc) is 3.06. The van der Waals surface area contributed by atoms with Gasteiger partial charge in [-0.2, -0.15) is 0 Å². The Kier molecular flexibility index (Phi) is 12.2. The van der Waals surface area contributed by atoms with E-state index in [4.69, 9.17) is 4.74 Å². The summed E-state index contributed by atoms with van der Waals surface area (Å²) >= 11 is 0. The van der Waals surface area contributed by atoms with E-state index in [0.717, 1.165) is 51.0 Å². The summed E-state index contributed by atoms with van der Waals surface area (Å²) in [7, 11) is 1.64. The molecular weight excluding hydrogens is 650 g/mol. The fraction of sp³-hybridized carbons (Fsp3) is 0.0256. The van der Waals surface area contributed by atoms with E-state index in [1.54, 1.807) is 67.8 Å². The normalized spacial score (nSPS) is 10.1. The van der Waals surface area contributed by atoms with Crippen LogP contribution in [-0.2, 0) is 0 Å².